The van der Waals surface area contributed by atoms with Crippen LogP contribution in [0.25, 0.3) is 0 Å². The van der Waals surface area contributed by atoms with Crippen molar-refractivity contribution in [3.63, 3.8) is 0 Å². The van der Waals surface area contributed by atoms with E-state index in [1.165, 1.54) is 18.9 Å². The monoisotopic (exact) mass is 300 g/mol. The molecule has 0 radical (unpaired) electrons. The Bertz CT molecular complexity index is 438. The zero-order chi connectivity index (χ0) is 13.1. The predicted octanol–water partition coefficient (Wildman–Crippen LogP) is 2.44. The van der Waals surface area contributed by atoms with Gasteiger partial charge in [0.05, 0.1) is 0 Å². The first-order valence-corrected chi connectivity index (χ1v) is 7.16. The van der Waals surface area contributed by atoms with Crippen molar-refractivity contribution in [2.24, 2.45) is 5.92 Å². The smallest absolute Gasteiger partial charge is 0.165 e. The third kappa shape index (κ3) is 3.62. The van der Waals surface area contributed by atoms with Crippen LogP contribution in [0.3, 0.4) is 0 Å². The zero-order valence-electron chi connectivity index (χ0n) is 11.6. The fourth-order valence-corrected chi connectivity index (χ4v) is 3.04. The molecule has 1 N–H and O–H groups in total. The lowest BCUT2D eigenvalue weighted by molar-refractivity contribution is 0.182. The van der Waals surface area contributed by atoms with Crippen molar-refractivity contribution >= 4 is 12.4 Å². The lowest BCUT2D eigenvalue weighted by atomic mass is 9.99. The number of para-hydroxylation sites is 1. The highest BCUT2D eigenvalue weighted by atomic mass is 35.5. The molecule has 2 aliphatic rings. The lowest BCUT2D eigenvalue weighted by Gasteiger charge is -2.28. The second-order valence-corrected chi connectivity index (χ2v) is 5.52. The number of fused-ring (bicyclic) bond motifs is 1. The van der Waals surface area contributed by atoms with Crippen LogP contribution in [0.2, 0.25) is 0 Å². The maximum atomic E-state index is 13.7. The van der Waals surface area contributed by atoms with Crippen molar-refractivity contribution in [1.82, 2.24) is 10.2 Å². The molecule has 0 aliphatic carbocycles. The third-order valence-corrected chi connectivity index (χ3v) is 4.01. The Kier molecular flexibility index (Phi) is 5.64. The van der Waals surface area contributed by atoms with Crippen molar-refractivity contribution in [3.05, 3.63) is 29.6 Å². The summed E-state index contributed by atoms with van der Waals surface area (Å²) < 4.78 is 19.3. The van der Waals surface area contributed by atoms with Gasteiger partial charge in [0.1, 0.15) is 6.61 Å². The largest absolute Gasteiger partial charge is 0.489 e. The molecule has 1 unspecified atom stereocenters. The van der Waals surface area contributed by atoms with Gasteiger partial charge in [-0.05, 0) is 37.9 Å². The highest BCUT2D eigenvalue weighted by molar-refractivity contribution is 5.85. The third-order valence-electron chi connectivity index (χ3n) is 4.01. The van der Waals surface area contributed by atoms with E-state index < -0.39 is 0 Å². The van der Waals surface area contributed by atoms with Crippen LogP contribution < -0.4 is 10.1 Å². The highest BCUT2D eigenvalue weighted by Gasteiger charge is 2.21. The molecule has 1 saturated heterocycles. The molecule has 1 aromatic carbocycles. The van der Waals surface area contributed by atoms with Crippen LogP contribution in [0.15, 0.2) is 18.2 Å². The van der Waals surface area contributed by atoms with Crippen LogP contribution in [-0.4, -0.2) is 37.7 Å². The normalized spacial score (nSPS) is 23.1. The van der Waals surface area contributed by atoms with Crippen LogP contribution in [-0.2, 0) is 6.54 Å². The van der Waals surface area contributed by atoms with E-state index in [2.05, 4.69) is 10.2 Å². The van der Waals surface area contributed by atoms with Gasteiger partial charge in [-0.15, -0.1) is 12.4 Å². The molecule has 1 fully saturated rings. The van der Waals surface area contributed by atoms with Crippen molar-refractivity contribution in [1.29, 1.82) is 0 Å². The summed E-state index contributed by atoms with van der Waals surface area (Å²) in [6, 6.07) is 5.21. The minimum absolute atomic E-state index is 0. The Balaban J connectivity index is 0.00000147. The number of hydrogen-bond donors (Lipinski definition) is 1. The highest BCUT2D eigenvalue weighted by Crippen LogP contribution is 2.26. The minimum Gasteiger partial charge on any atom is -0.489 e. The van der Waals surface area contributed by atoms with Gasteiger partial charge in [0.2, 0.25) is 0 Å². The van der Waals surface area contributed by atoms with E-state index in [1.54, 1.807) is 6.07 Å². The summed E-state index contributed by atoms with van der Waals surface area (Å²) in [4.78, 5) is 2.39. The van der Waals surface area contributed by atoms with Gasteiger partial charge in [-0.1, -0.05) is 12.1 Å². The van der Waals surface area contributed by atoms with Crippen LogP contribution in [0.4, 0.5) is 4.39 Å². The van der Waals surface area contributed by atoms with E-state index in [1.807, 2.05) is 6.07 Å². The average Bonchev–Trinajstić information content (AvgIpc) is 2.63. The maximum absolute atomic E-state index is 13.7. The molecule has 2 heterocycles. The van der Waals surface area contributed by atoms with Crippen molar-refractivity contribution < 1.29 is 9.13 Å². The predicted molar refractivity (Wildman–Crippen MR) is 80.0 cm³/mol. The van der Waals surface area contributed by atoms with Crippen LogP contribution in [0.1, 0.15) is 18.4 Å². The van der Waals surface area contributed by atoms with E-state index in [0.29, 0.717) is 18.3 Å². The molecule has 0 bridgehead atoms. The summed E-state index contributed by atoms with van der Waals surface area (Å²) in [6.45, 7) is 5.58. The second-order valence-electron chi connectivity index (χ2n) is 5.52. The summed E-state index contributed by atoms with van der Waals surface area (Å²) in [7, 11) is 0. The molecule has 20 heavy (non-hydrogen) atoms. The standard InChI is InChI=1S/C15H21FN2O.ClH/c16-14-5-1-4-13-11-18(7-8-19-15(13)14)10-12-3-2-6-17-9-12;/h1,4-5,12,17H,2-3,6-11H2;1H. The first-order chi connectivity index (χ1) is 9.33. The summed E-state index contributed by atoms with van der Waals surface area (Å²) in [5.74, 6) is 0.925. The van der Waals surface area contributed by atoms with Gasteiger partial charge in [-0.2, -0.15) is 0 Å². The second kappa shape index (κ2) is 7.25. The van der Waals surface area contributed by atoms with E-state index in [4.69, 9.17) is 4.74 Å². The Morgan fingerprint density at radius 3 is 3.10 bits per heavy atom. The number of piperidine rings is 1. The van der Waals surface area contributed by atoms with Gasteiger partial charge >= 0.3 is 0 Å². The average molecular weight is 301 g/mol. The van der Waals surface area contributed by atoms with Crippen LogP contribution >= 0.6 is 12.4 Å². The summed E-state index contributed by atoms with van der Waals surface area (Å²) in [5, 5.41) is 3.45. The van der Waals surface area contributed by atoms with Gasteiger partial charge in [0.25, 0.3) is 0 Å². The zero-order valence-corrected chi connectivity index (χ0v) is 12.4. The minimum atomic E-state index is -0.237. The SMILES string of the molecule is Cl.Fc1cccc2c1OCCN(CC1CCCNC1)C2. The quantitative estimate of drug-likeness (QED) is 0.908. The van der Waals surface area contributed by atoms with Crippen molar-refractivity contribution in [3.8, 4) is 5.75 Å². The molecule has 5 heteroatoms. The molecule has 1 atom stereocenters. The number of halogens is 2. The van der Waals surface area contributed by atoms with Gasteiger partial charge in [0, 0.05) is 25.2 Å². The Morgan fingerprint density at radius 2 is 2.30 bits per heavy atom. The first kappa shape index (κ1) is 15.5. The molecule has 0 amide bonds. The first-order valence-electron chi connectivity index (χ1n) is 7.16. The Hall–Kier alpha value is -0.840. The molecule has 0 spiro atoms. The van der Waals surface area contributed by atoms with E-state index >= 15 is 0 Å². The fourth-order valence-electron chi connectivity index (χ4n) is 3.04. The number of nitrogens with one attached hydrogen (secondary N) is 1. The summed E-state index contributed by atoms with van der Waals surface area (Å²) in [5.41, 5.74) is 0.973. The Morgan fingerprint density at radius 1 is 1.40 bits per heavy atom. The molecule has 1 aromatic rings. The number of nitrogens with zero attached hydrogens (tertiary/aromatic N) is 1. The van der Waals surface area contributed by atoms with Gasteiger partial charge in [0.15, 0.2) is 11.6 Å². The molecule has 0 saturated carbocycles. The molecule has 3 rings (SSSR count). The molecule has 112 valence electrons. The summed E-state index contributed by atoms with van der Waals surface area (Å²) >= 11 is 0. The van der Waals surface area contributed by atoms with Crippen LogP contribution in [0, 0.1) is 11.7 Å². The van der Waals surface area contributed by atoms with Gasteiger partial charge in [-0.3, -0.25) is 4.90 Å². The number of rotatable bonds is 2. The van der Waals surface area contributed by atoms with E-state index in [-0.39, 0.29) is 18.2 Å². The number of benzene rings is 1. The van der Waals surface area contributed by atoms with Crippen molar-refractivity contribution in [2.45, 2.75) is 19.4 Å². The molecule has 0 aromatic heterocycles. The van der Waals surface area contributed by atoms with Gasteiger partial charge < -0.3 is 10.1 Å². The number of hydrogen-bond acceptors (Lipinski definition) is 3. The molecule has 2 aliphatic heterocycles. The fraction of sp³-hybridized carbons (Fsp3) is 0.600. The Labute approximate surface area is 125 Å². The van der Waals surface area contributed by atoms with Crippen LogP contribution in [0.5, 0.6) is 5.75 Å². The van der Waals surface area contributed by atoms with E-state index in [9.17, 15) is 4.39 Å². The topological polar surface area (TPSA) is 24.5 Å². The molecule has 3 nitrogen and oxygen atoms in total. The summed E-state index contributed by atoms with van der Waals surface area (Å²) in [6.07, 6.45) is 2.56. The van der Waals surface area contributed by atoms with E-state index in [0.717, 1.165) is 38.3 Å². The number of ether oxygens (including phenoxy) is 1. The lowest BCUT2D eigenvalue weighted by Crippen LogP contribution is -2.38. The molecular weight excluding hydrogens is 279 g/mol. The molecular formula is C15H22ClFN2O. The maximum Gasteiger partial charge on any atom is 0.165 e. The van der Waals surface area contributed by atoms with Gasteiger partial charge in [-0.25, -0.2) is 4.39 Å². The van der Waals surface area contributed by atoms with Crippen molar-refractivity contribution in [2.75, 3.05) is 32.8 Å².